The van der Waals surface area contributed by atoms with Crippen molar-refractivity contribution in [1.29, 1.82) is 0 Å². The monoisotopic (exact) mass is 428 g/mol. The zero-order valence-corrected chi connectivity index (χ0v) is 17.0. The van der Waals surface area contributed by atoms with E-state index in [1.165, 1.54) is 3.97 Å². The van der Waals surface area contributed by atoms with Crippen molar-refractivity contribution in [1.82, 2.24) is 8.96 Å². The normalized spacial score (nSPS) is 12.2. The highest BCUT2D eigenvalue weighted by Gasteiger charge is 2.25. The van der Waals surface area contributed by atoms with Crippen LogP contribution in [0.2, 0.25) is 0 Å². The molecular formula is C20H17BrN2O2S. The molecular weight excluding hydrogens is 412 g/mol. The highest BCUT2D eigenvalue weighted by Crippen LogP contribution is 2.35. The molecule has 132 valence electrons. The molecule has 0 atom stereocenters. The van der Waals surface area contributed by atoms with E-state index >= 15 is 0 Å². The molecule has 0 amide bonds. The van der Waals surface area contributed by atoms with Crippen LogP contribution in [0.4, 0.5) is 0 Å². The van der Waals surface area contributed by atoms with Crippen LogP contribution >= 0.6 is 15.9 Å². The first-order valence-corrected chi connectivity index (χ1v) is 10.4. The van der Waals surface area contributed by atoms with E-state index in [1.807, 2.05) is 45.0 Å². The SMILES string of the molecule is Cc1ccc(S(=O)(=O)n2c3nc(Br)ccc3c3cc(C)cc(C)c32)cc1. The van der Waals surface area contributed by atoms with Crippen molar-refractivity contribution in [2.75, 3.05) is 0 Å². The number of hydrogen-bond acceptors (Lipinski definition) is 3. The van der Waals surface area contributed by atoms with E-state index < -0.39 is 10.0 Å². The third kappa shape index (κ3) is 2.56. The summed E-state index contributed by atoms with van der Waals surface area (Å²) in [4.78, 5) is 4.75. The lowest BCUT2D eigenvalue weighted by molar-refractivity contribution is 0.590. The van der Waals surface area contributed by atoms with Gasteiger partial charge in [-0.15, -0.1) is 0 Å². The highest BCUT2D eigenvalue weighted by atomic mass is 79.9. The number of aromatic nitrogens is 2. The van der Waals surface area contributed by atoms with Gasteiger partial charge < -0.3 is 0 Å². The molecule has 26 heavy (non-hydrogen) atoms. The fourth-order valence-electron chi connectivity index (χ4n) is 3.38. The Balaban J connectivity index is 2.20. The van der Waals surface area contributed by atoms with Gasteiger partial charge in [0.2, 0.25) is 0 Å². The van der Waals surface area contributed by atoms with Gasteiger partial charge in [-0.3, -0.25) is 0 Å². The summed E-state index contributed by atoms with van der Waals surface area (Å²) < 4.78 is 29.0. The lowest BCUT2D eigenvalue weighted by Gasteiger charge is -2.11. The topological polar surface area (TPSA) is 52.0 Å². The second-order valence-corrected chi connectivity index (χ2v) is 9.16. The first-order valence-electron chi connectivity index (χ1n) is 8.19. The van der Waals surface area contributed by atoms with Crippen LogP contribution in [0.5, 0.6) is 0 Å². The van der Waals surface area contributed by atoms with Crippen LogP contribution < -0.4 is 0 Å². The molecule has 4 aromatic rings. The van der Waals surface area contributed by atoms with Crippen LogP contribution in [-0.4, -0.2) is 17.4 Å². The van der Waals surface area contributed by atoms with E-state index in [9.17, 15) is 8.42 Å². The quantitative estimate of drug-likeness (QED) is 0.416. The minimum atomic E-state index is -3.78. The van der Waals surface area contributed by atoms with Gasteiger partial charge in [-0.1, -0.05) is 29.3 Å². The van der Waals surface area contributed by atoms with Gasteiger partial charge in [0.05, 0.1) is 10.4 Å². The maximum Gasteiger partial charge on any atom is 0.269 e. The first-order chi connectivity index (χ1) is 12.3. The summed E-state index contributed by atoms with van der Waals surface area (Å²) in [5.74, 6) is 0. The molecule has 0 saturated heterocycles. The minimum Gasteiger partial charge on any atom is -0.222 e. The number of pyridine rings is 1. The number of rotatable bonds is 2. The van der Waals surface area contributed by atoms with Gasteiger partial charge in [0.15, 0.2) is 5.65 Å². The van der Waals surface area contributed by atoms with Crippen molar-refractivity contribution >= 4 is 47.9 Å². The summed E-state index contributed by atoms with van der Waals surface area (Å²) >= 11 is 3.37. The van der Waals surface area contributed by atoms with Crippen LogP contribution in [0, 0.1) is 20.8 Å². The van der Waals surface area contributed by atoms with Crippen molar-refractivity contribution < 1.29 is 8.42 Å². The number of aryl methyl sites for hydroxylation is 3. The molecule has 0 aliphatic heterocycles. The molecule has 0 saturated carbocycles. The summed E-state index contributed by atoms with van der Waals surface area (Å²) in [6.45, 7) is 5.88. The van der Waals surface area contributed by atoms with E-state index in [4.69, 9.17) is 0 Å². The fourth-order valence-corrected chi connectivity index (χ4v) is 5.22. The van der Waals surface area contributed by atoms with Crippen molar-refractivity contribution in [3.05, 3.63) is 69.8 Å². The van der Waals surface area contributed by atoms with Gasteiger partial charge in [-0.05, 0) is 72.6 Å². The summed E-state index contributed by atoms with van der Waals surface area (Å²) in [5.41, 5.74) is 4.12. The Kier molecular flexibility index (Phi) is 3.93. The highest BCUT2D eigenvalue weighted by molar-refractivity contribution is 9.10. The number of benzene rings is 2. The Labute approximate surface area is 160 Å². The zero-order chi connectivity index (χ0) is 18.6. The summed E-state index contributed by atoms with van der Waals surface area (Å²) in [7, 11) is -3.78. The molecule has 4 rings (SSSR count). The Bertz CT molecular complexity index is 1270. The average Bonchev–Trinajstić information content (AvgIpc) is 2.89. The van der Waals surface area contributed by atoms with Crippen molar-refractivity contribution in [2.24, 2.45) is 0 Å². The molecule has 0 unspecified atom stereocenters. The average molecular weight is 429 g/mol. The third-order valence-corrected chi connectivity index (χ3v) is 6.68. The number of nitrogens with zero attached hydrogens (tertiary/aromatic N) is 2. The zero-order valence-electron chi connectivity index (χ0n) is 14.6. The molecule has 4 nitrogen and oxygen atoms in total. The standard InChI is InChI=1S/C20H17BrN2O2S/c1-12-4-6-15(7-5-12)26(24,25)23-19-14(3)10-13(2)11-17(19)16-8-9-18(21)22-20(16)23/h4-11H,1-3H3. The van der Waals surface area contributed by atoms with Crippen LogP contribution in [-0.2, 0) is 10.0 Å². The number of halogens is 1. The smallest absolute Gasteiger partial charge is 0.222 e. The summed E-state index contributed by atoms with van der Waals surface area (Å²) in [6.07, 6.45) is 0. The summed E-state index contributed by atoms with van der Waals surface area (Å²) in [6, 6.07) is 14.7. The van der Waals surface area contributed by atoms with Gasteiger partial charge in [0, 0.05) is 10.8 Å². The molecule has 0 aliphatic carbocycles. The van der Waals surface area contributed by atoms with E-state index in [0.29, 0.717) is 15.8 Å². The van der Waals surface area contributed by atoms with Gasteiger partial charge in [-0.25, -0.2) is 17.4 Å². The van der Waals surface area contributed by atoms with Crippen molar-refractivity contribution in [2.45, 2.75) is 25.7 Å². The van der Waals surface area contributed by atoms with E-state index in [0.717, 1.165) is 27.5 Å². The molecule has 6 heteroatoms. The van der Waals surface area contributed by atoms with E-state index in [-0.39, 0.29) is 4.90 Å². The lowest BCUT2D eigenvalue weighted by Crippen LogP contribution is -2.14. The Hall–Kier alpha value is -2.18. The second kappa shape index (κ2) is 5.93. The van der Waals surface area contributed by atoms with Crippen molar-refractivity contribution in [3.63, 3.8) is 0 Å². The molecule has 0 radical (unpaired) electrons. The van der Waals surface area contributed by atoms with E-state index in [1.54, 1.807) is 24.3 Å². The molecule has 2 aromatic heterocycles. The Morgan fingerprint density at radius 2 is 1.58 bits per heavy atom. The maximum atomic E-state index is 13.5. The lowest BCUT2D eigenvalue weighted by atomic mass is 10.1. The minimum absolute atomic E-state index is 0.253. The molecule has 0 aliphatic rings. The Morgan fingerprint density at radius 3 is 2.27 bits per heavy atom. The first kappa shape index (κ1) is 17.2. The summed E-state index contributed by atoms with van der Waals surface area (Å²) in [5, 5.41) is 1.72. The Morgan fingerprint density at radius 1 is 0.885 bits per heavy atom. The maximum absolute atomic E-state index is 13.5. The van der Waals surface area contributed by atoms with Crippen LogP contribution in [0.1, 0.15) is 16.7 Å². The number of fused-ring (bicyclic) bond motifs is 3. The van der Waals surface area contributed by atoms with Crippen LogP contribution in [0.3, 0.4) is 0 Å². The molecule has 0 N–H and O–H groups in total. The molecule has 0 fully saturated rings. The van der Waals surface area contributed by atoms with Gasteiger partial charge in [-0.2, -0.15) is 0 Å². The van der Waals surface area contributed by atoms with E-state index in [2.05, 4.69) is 20.9 Å². The second-order valence-electron chi connectivity index (χ2n) is 6.57. The number of hydrogen-bond donors (Lipinski definition) is 0. The van der Waals surface area contributed by atoms with Crippen LogP contribution in [0.25, 0.3) is 21.9 Å². The largest absolute Gasteiger partial charge is 0.269 e. The predicted octanol–water partition coefficient (Wildman–Crippen LogP) is 5.11. The fraction of sp³-hybridized carbons (Fsp3) is 0.150. The predicted molar refractivity (Wildman–Crippen MR) is 108 cm³/mol. The van der Waals surface area contributed by atoms with Gasteiger partial charge >= 0.3 is 0 Å². The van der Waals surface area contributed by atoms with Crippen LogP contribution in [0.15, 0.2) is 58.0 Å². The van der Waals surface area contributed by atoms with Crippen molar-refractivity contribution in [3.8, 4) is 0 Å². The van der Waals surface area contributed by atoms with Gasteiger partial charge in [0.25, 0.3) is 10.0 Å². The third-order valence-electron chi connectivity index (χ3n) is 4.53. The van der Waals surface area contributed by atoms with Gasteiger partial charge in [0.1, 0.15) is 4.60 Å². The molecule has 0 spiro atoms. The molecule has 0 bridgehead atoms. The molecule has 2 aromatic carbocycles. The molecule has 2 heterocycles.